The predicted octanol–water partition coefficient (Wildman–Crippen LogP) is 5.95. The van der Waals surface area contributed by atoms with Gasteiger partial charge in [0, 0.05) is 36.5 Å². The third-order valence-electron chi connectivity index (χ3n) is 7.23. The minimum atomic E-state index is -0.463. The number of carbonyl (C=O) groups excluding carboxylic acids is 1. The molecule has 0 saturated heterocycles. The summed E-state index contributed by atoms with van der Waals surface area (Å²) in [5, 5.41) is 3.11. The molecule has 0 aromatic heterocycles. The third kappa shape index (κ3) is 3.28. The van der Waals surface area contributed by atoms with E-state index in [4.69, 9.17) is 4.98 Å². The zero-order chi connectivity index (χ0) is 23.6. The van der Waals surface area contributed by atoms with Gasteiger partial charge in [-0.25, -0.2) is 14.2 Å². The van der Waals surface area contributed by atoms with Gasteiger partial charge in [0.05, 0.1) is 5.69 Å². The molecule has 2 aromatic rings. The Kier molecular flexibility index (Phi) is 4.56. The van der Waals surface area contributed by atoms with Crippen molar-refractivity contribution in [1.82, 2.24) is 14.5 Å². The highest BCUT2D eigenvalue weighted by atomic mass is 19.1. The lowest BCUT2D eigenvalue weighted by atomic mass is 9.82. The van der Waals surface area contributed by atoms with Gasteiger partial charge in [0.15, 0.2) is 0 Å². The van der Waals surface area contributed by atoms with Crippen LogP contribution in [0.15, 0.2) is 60.8 Å². The number of aryl methyl sites for hydroxylation is 3. The SMILES string of the molecule is Cc1cc(C)cc(NC(=O)N2CC3(CC3)c3c4cccn(C)c-4nc3C2c2cccc(F)c2)c1. The number of anilines is 1. The van der Waals surface area contributed by atoms with Crippen LogP contribution in [0.1, 0.15) is 46.8 Å². The fourth-order valence-electron chi connectivity index (χ4n) is 5.65. The van der Waals surface area contributed by atoms with Crippen molar-refractivity contribution < 1.29 is 9.18 Å². The van der Waals surface area contributed by atoms with Crippen LogP contribution in [0.4, 0.5) is 14.9 Å². The van der Waals surface area contributed by atoms with Crippen molar-refractivity contribution >= 4 is 11.7 Å². The number of fused-ring (bicyclic) bond motifs is 4. The molecule has 2 aromatic carbocycles. The summed E-state index contributed by atoms with van der Waals surface area (Å²) >= 11 is 0. The van der Waals surface area contributed by atoms with Crippen molar-refractivity contribution in [3.63, 3.8) is 0 Å². The Labute approximate surface area is 198 Å². The molecule has 6 heteroatoms. The molecule has 1 spiro atoms. The zero-order valence-electron chi connectivity index (χ0n) is 19.6. The minimum absolute atomic E-state index is 0.0951. The Bertz CT molecular complexity index is 1380. The molecule has 5 nitrogen and oxygen atoms in total. The molecular formula is C28H27FN4O. The summed E-state index contributed by atoms with van der Waals surface area (Å²) in [5.41, 5.74) is 6.81. The predicted molar refractivity (Wildman–Crippen MR) is 131 cm³/mol. The van der Waals surface area contributed by atoms with E-state index in [2.05, 4.69) is 17.4 Å². The van der Waals surface area contributed by atoms with Gasteiger partial charge in [-0.1, -0.05) is 18.2 Å². The number of carbonyl (C=O) groups is 1. The first-order valence-electron chi connectivity index (χ1n) is 11.7. The average Bonchev–Trinajstić information content (AvgIpc) is 3.42. The van der Waals surface area contributed by atoms with E-state index in [0.29, 0.717) is 6.54 Å². The zero-order valence-corrected chi connectivity index (χ0v) is 19.6. The van der Waals surface area contributed by atoms with Gasteiger partial charge in [0.2, 0.25) is 0 Å². The summed E-state index contributed by atoms with van der Waals surface area (Å²) in [7, 11) is 1.99. The van der Waals surface area contributed by atoms with Crippen LogP contribution >= 0.6 is 0 Å². The quantitative estimate of drug-likeness (QED) is 0.407. The molecule has 172 valence electrons. The van der Waals surface area contributed by atoms with Crippen LogP contribution in [0.3, 0.4) is 0 Å². The van der Waals surface area contributed by atoms with Crippen molar-refractivity contribution in [1.29, 1.82) is 0 Å². The fourth-order valence-corrected chi connectivity index (χ4v) is 5.65. The number of nitrogens with one attached hydrogen (secondary N) is 1. The lowest BCUT2D eigenvalue weighted by Crippen LogP contribution is -2.47. The molecule has 3 heterocycles. The van der Waals surface area contributed by atoms with Crippen LogP contribution in [0, 0.1) is 19.7 Å². The molecule has 1 unspecified atom stereocenters. The second-order valence-corrected chi connectivity index (χ2v) is 9.90. The number of nitrogens with zero attached hydrogens (tertiary/aromatic N) is 3. The molecule has 1 saturated carbocycles. The van der Waals surface area contributed by atoms with Gasteiger partial charge in [-0.05, 0) is 85.3 Å². The largest absolute Gasteiger partial charge is 0.336 e. The Morgan fingerprint density at radius 2 is 1.85 bits per heavy atom. The van der Waals surface area contributed by atoms with E-state index in [-0.39, 0.29) is 17.3 Å². The molecule has 1 fully saturated rings. The number of benzene rings is 2. The maximum absolute atomic E-state index is 14.4. The lowest BCUT2D eigenvalue weighted by Gasteiger charge is -2.40. The molecule has 2 amide bonds. The van der Waals surface area contributed by atoms with Crippen LogP contribution in [0.25, 0.3) is 11.4 Å². The lowest BCUT2D eigenvalue weighted by molar-refractivity contribution is 0.181. The van der Waals surface area contributed by atoms with Crippen molar-refractivity contribution in [3.05, 3.63) is 94.6 Å². The molecule has 4 aliphatic rings. The summed E-state index contributed by atoms with van der Waals surface area (Å²) in [5.74, 6) is 0.582. The first-order valence-corrected chi connectivity index (χ1v) is 11.7. The molecular weight excluding hydrogens is 427 g/mol. The van der Waals surface area contributed by atoms with Crippen molar-refractivity contribution in [2.45, 2.75) is 38.1 Å². The van der Waals surface area contributed by atoms with Gasteiger partial charge in [-0.15, -0.1) is 0 Å². The number of aromatic nitrogens is 2. The van der Waals surface area contributed by atoms with E-state index in [1.54, 1.807) is 6.07 Å². The van der Waals surface area contributed by atoms with Crippen molar-refractivity contribution in [2.75, 3.05) is 11.9 Å². The molecule has 1 atom stereocenters. The molecule has 1 N–H and O–H groups in total. The summed E-state index contributed by atoms with van der Waals surface area (Å²) in [6, 6.07) is 16.1. The third-order valence-corrected chi connectivity index (χ3v) is 7.23. The Morgan fingerprint density at radius 3 is 2.56 bits per heavy atom. The van der Waals surface area contributed by atoms with E-state index in [1.165, 1.54) is 17.7 Å². The van der Waals surface area contributed by atoms with Crippen molar-refractivity contribution in [2.24, 2.45) is 7.05 Å². The Morgan fingerprint density at radius 1 is 1.09 bits per heavy atom. The van der Waals surface area contributed by atoms with E-state index in [0.717, 1.165) is 52.3 Å². The van der Waals surface area contributed by atoms with Gasteiger partial charge < -0.3 is 14.8 Å². The molecule has 0 radical (unpaired) electrons. The number of pyridine rings is 1. The molecule has 0 bridgehead atoms. The second kappa shape index (κ2) is 7.42. The monoisotopic (exact) mass is 454 g/mol. The molecule has 34 heavy (non-hydrogen) atoms. The summed E-state index contributed by atoms with van der Waals surface area (Å²) < 4.78 is 16.4. The summed E-state index contributed by atoms with van der Waals surface area (Å²) in [4.78, 5) is 20.7. The fraction of sp³-hybridized carbons (Fsp3) is 0.286. The standard InChI is InChI=1S/C28H27FN4O/c1-17-12-18(2)14-21(13-17)30-27(34)33-16-28(9-10-28)23-22-8-5-11-32(3)26(22)31-24(23)25(33)19-6-4-7-20(29)15-19/h4-8,11-15,25H,9-10,16H2,1-3H3,(H,30,34). The van der Waals surface area contributed by atoms with E-state index in [9.17, 15) is 9.18 Å². The second-order valence-electron chi connectivity index (χ2n) is 9.90. The molecule has 1 aliphatic carbocycles. The van der Waals surface area contributed by atoms with Gasteiger partial charge in [-0.2, -0.15) is 0 Å². The first kappa shape index (κ1) is 20.9. The van der Waals surface area contributed by atoms with Crippen LogP contribution < -0.4 is 5.32 Å². The smallest absolute Gasteiger partial charge is 0.322 e. The van der Waals surface area contributed by atoms with Crippen LogP contribution in [0.5, 0.6) is 0 Å². The number of hydrogen-bond donors (Lipinski definition) is 1. The normalized spacial score (nSPS) is 18.2. The van der Waals surface area contributed by atoms with Crippen LogP contribution in [-0.2, 0) is 12.5 Å². The van der Waals surface area contributed by atoms with Crippen LogP contribution in [-0.4, -0.2) is 27.0 Å². The number of urea groups is 1. The number of hydrogen-bond acceptors (Lipinski definition) is 2. The summed E-state index contributed by atoms with van der Waals surface area (Å²) in [6.45, 7) is 4.62. The molecule has 3 aliphatic heterocycles. The number of rotatable bonds is 2. The number of halogens is 1. The minimum Gasteiger partial charge on any atom is -0.336 e. The van der Waals surface area contributed by atoms with Crippen LogP contribution in [0.2, 0.25) is 0 Å². The molecule has 6 rings (SSSR count). The van der Waals surface area contributed by atoms with Gasteiger partial charge in [-0.3, -0.25) is 0 Å². The highest BCUT2D eigenvalue weighted by molar-refractivity contribution is 5.91. The van der Waals surface area contributed by atoms with Crippen molar-refractivity contribution in [3.8, 4) is 11.4 Å². The Hall–Kier alpha value is -3.67. The van der Waals surface area contributed by atoms with Gasteiger partial charge >= 0.3 is 6.03 Å². The topological polar surface area (TPSA) is 50.2 Å². The first-order chi connectivity index (χ1) is 16.3. The number of amides is 2. The van der Waals surface area contributed by atoms with Gasteiger partial charge in [0.1, 0.15) is 17.7 Å². The Balaban J connectivity index is 1.50. The summed E-state index contributed by atoms with van der Waals surface area (Å²) in [6.07, 6.45) is 4.02. The average molecular weight is 455 g/mol. The van der Waals surface area contributed by atoms with E-state index >= 15 is 0 Å². The maximum atomic E-state index is 14.4. The highest BCUT2D eigenvalue weighted by Crippen LogP contribution is 2.59. The van der Waals surface area contributed by atoms with E-state index < -0.39 is 6.04 Å². The van der Waals surface area contributed by atoms with Gasteiger partial charge in [0.25, 0.3) is 0 Å². The maximum Gasteiger partial charge on any atom is 0.322 e. The highest BCUT2D eigenvalue weighted by Gasteiger charge is 2.56. The van der Waals surface area contributed by atoms with E-state index in [1.807, 2.05) is 60.8 Å².